The van der Waals surface area contributed by atoms with E-state index in [-0.39, 0.29) is 11.7 Å². The lowest BCUT2D eigenvalue weighted by atomic mass is 10.2. The van der Waals surface area contributed by atoms with E-state index in [1.54, 1.807) is 31.2 Å². The summed E-state index contributed by atoms with van der Waals surface area (Å²) in [6.45, 7) is 2.11. The lowest BCUT2D eigenvalue weighted by molar-refractivity contribution is -0.126. The van der Waals surface area contributed by atoms with E-state index in [2.05, 4.69) is 16.2 Å². The van der Waals surface area contributed by atoms with Crippen molar-refractivity contribution in [2.24, 2.45) is 0 Å². The van der Waals surface area contributed by atoms with Gasteiger partial charge in [0.1, 0.15) is 6.61 Å². The first-order valence-electron chi connectivity index (χ1n) is 5.77. The van der Waals surface area contributed by atoms with Gasteiger partial charge in [-0.2, -0.15) is 0 Å². The minimum atomic E-state index is -0.466. The number of hydrazine groups is 1. The van der Waals surface area contributed by atoms with Crippen molar-refractivity contribution in [2.45, 2.75) is 6.92 Å². The molecule has 1 rings (SSSR count). The van der Waals surface area contributed by atoms with Gasteiger partial charge >= 0.3 is 0 Å². The van der Waals surface area contributed by atoms with Crippen LogP contribution in [-0.4, -0.2) is 30.1 Å². The molecule has 0 radical (unpaired) electrons. The van der Waals surface area contributed by atoms with Crippen LogP contribution < -0.4 is 16.2 Å². The fourth-order valence-electron chi connectivity index (χ4n) is 1.20. The minimum absolute atomic E-state index is 0.0419. The predicted molar refractivity (Wildman–Crippen MR) is 79.3 cm³/mol. The second-order valence-electron chi connectivity index (χ2n) is 3.57. The molecule has 0 atom stereocenters. The third-order valence-corrected chi connectivity index (χ3v) is 2.63. The lowest BCUT2D eigenvalue weighted by Crippen LogP contribution is -2.49. The summed E-state index contributed by atoms with van der Waals surface area (Å²) in [5.74, 6) is -0.867. The highest BCUT2D eigenvalue weighted by Gasteiger charge is 2.11. The third kappa shape index (κ3) is 5.52. The molecular formula is C12H14ClN3O3S. The summed E-state index contributed by atoms with van der Waals surface area (Å²) in [5, 5.41) is 2.66. The summed E-state index contributed by atoms with van der Waals surface area (Å²) in [4.78, 5) is 23.1. The number of thiocarbonyl (C=S) groups is 1. The van der Waals surface area contributed by atoms with Crippen LogP contribution in [0, 0.1) is 0 Å². The summed E-state index contributed by atoms with van der Waals surface area (Å²) >= 11 is 10.7. The fourth-order valence-corrected chi connectivity index (χ4v) is 1.57. The van der Waals surface area contributed by atoms with Crippen molar-refractivity contribution < 1.29 is 14.3 Å². The van der Waals surface area contributed by atoms with Crippen LogP contribution in [0.4, 0.5) is 0 Å². The molecule has 0 aliphatic rings. The van der Waals surface area contributed by atoms with E-state index >= 15 is 0 Å². The molecule has 108 valence electrons. The Labute approximate surface area is 126 Å². The van der Waals surface area contributed by atoms with Gasteiger partial charge in [-0.15, -0.1) is 0 Å². The number of nitrogens with one attached hydrogen (secondary N) is 3. The second-order valence-corrected chi connectivity index (χ2v) is 4.39. The Bertz CT molecular complexity index is 510. The summed E-state index contributed by atoms with van der Waals surface area (Å²) in [6.07, 6.45) is 0. The molecule has 0 heterocycles. The molecular weight excluding hydrogens is 302 g/mol. The quantitative estimate of drug-likeness (QED) is 0.571. The van der Waals surface area contributed by atoms with Crippen molar-refractivity contribution in [3.05, 3.63) is 34.9 Å². The number of carbonyl (C=O) groups excluding carboxylic acids is 2. The smallest absolute Gasteiger partial charge is 0.264 e. The van der Waals surface area contributed by atoms with Gasteiger partial charge in [0, 0.05) is 6.61 Å². The highest BCUT2D eigenvalue weighted by atomic mass is 35.5. The van der Waals surface area contributed by atoms with E-state index in [0.29, 0.717) is 17.2 Å². The number of ether oxygens (including phenoxy) is 1. The molecule has 1 aromatic carbocycles. The van der Waals surface area contributed by atoms with Gasteiger partial charge in [0.05, 0.1) is 10.6 Å². The SMILES string of the molecule is CCOCC(=O)NNC(=S)NC(=O)c1ccccc1Cl. The molecule has 0 aliphatic carbocycles. The summed E-state index contributed by atoms with van der Waals surface area (Å²) < 4.78 is 4.89. The lowest BCUT2D eigenvalue weighted by Gasteiger charge is -2.11. The Morgan fingerprint density at radius 1 is 1.30 bits per heavy atom. The Morgan fingerprint density at radius 2 is 2.00 bits per heavy atom. The molecule has 6 nitrogen and oxygen atoms in total. The van der Waals surface area contributed by atoms with Crippen molar-refractivity contribution in [3.63, 3.8) is 0 Å². The normalized spacial score (nSPS) is 9.70. The van der Waals surface area contributed by atoms with Crippen LogP contribution in [0.5, 0.6) is 0 Å². The van der Waals surface area contributed by atoms with Gasteiger partial charge in [0.15, 0.2) is 5.11 Å². The first-order chi connectivity index (χ1) is 9.54. The predicted octanol–water partition coefficient (Wildman–Crippen LogP) is 1.01. The van der Waals surface area contributed by atoms with Crippen LogP contribution in [0.25, 0.3) is 0 Å². The molecule has 2 amide bonds. The molecule has 20 heavy (non-hydrogen) atoms. The van der Waals surface area contributed by atoms with Gasteiger partial charge < -0.3 is 4.74 Å². The average molecular weight is 316 g/mol. The van der Waals surface area contributed by atoms with Crippen LogP contribution in [0.15, 0.2) is 24.3 Å². The number of hydrogen-bond donors (Lipinski definition) is 3. The van der Waals surface area contributed by atoms with Gasteiger partial charge in [-0.05, 0) is 31.3 Å². The van der Waals surface area contributed by atoms with Crippen LogP contribution in [0.1, 0.15) is 17.3 Å². The van der Waals surface area contributed by atoms with E-state index in [9.17, 15) is 9.59 Å². The maximum atomic E-state index is 11.8. The van der Waals surface area contributed by atoms with Gasteiger partial charge in [-0.3, -0.25) is 25.8 Å². The van der Waals surface area contributed by atoms with Gasteiger partial charge in [-0.25, -0.2) is 0 Å². The number of amides is 2. The van der Waals surface area contributed by atoms with Crippen LogP contribution in [-0.2, 0) is 9.53 Å². The Balaban J connectivity index is 2.41. The van der Waals surface area contributed by atoms with Crippen LogP contribution in [0.2, 0.25) is 5.02 Å². The molecule has 0 spiro atoms. The number of carbonyl (C=O) groups is 2. The van der Waals surface area contributed by atoms with E-state index in [4.69, 9.17) is 28.6 Å². The molecule has 1 aromatic rings. The van der Waals surface area contributed by atoms with Crippen LogP contribution in [0.3, 0.4) is 0 Å². The van der Waals surface area contributed by atoms with E-state index in [0.717, 1.165) is 0 Å². The molecule has 0 saturated carbocycles. The second kappa shape index (κ2) is 8.47. The Hall–Kier alpha value is -1.70. The molecule has 3 N–H and O–H groups in total. The van der Waals surface area contributed by atoms with Crippen molar-refractivity contribution in [1.82, 2.24) is 16.2 Å². The largest absolute Gasteiger partial charge is 0.372 e. The monoisotopic (exact) mass is 315 g/mol. The Morgan fingerprint density at radius 3 is 2.65 bits per heavy atom. The molecule has 0 fully saturated rings. The summed E-state index contributed by atoms with van der Waals surface area (Å²) in [6, 6.07) is 6.55. The molecule has 0 aromatic heterocycles. The maximum Gasteiger partial charge on any atom is 0.264 e. The first kappa shape index (κ1) is 16.4. The van der Waals surface area contributed by atoms with Crippen molar-refractivity contribution in [1.29, 1.82) is 0 Å². The summed E-state index contributed by atoms with van der Waals surface area (Å²) in [5.41, 5.74) is 4.96. The first-order valence-corrected chi connectivity index (χ1v) is 6.55. The highest BCUT2D eigenvalue weighted by molar-refractivity contribution is 7.80. The van der Waals surface area contributed by atoms with Gasteiger partial charge in [0.2, 0.25) is 0 Å². The fraction of sp³-hybridized carbons (Fsp3) is 0.250. The van der Waals surface area contributed by atoms with E-state index in [1.165, 1.54) is 0 Å². The van der Waals surface area contributed by atoms with Crippen molar-refractivity contribution in [2.75, 3.05) is 13.2 Å². The molecule has 0 unspecified atom stereocenters. The van der Waals surface area contributed by atoms with E-state index in [1.807, 2.05) is 0 Å². The molecule has 0 aliphatic heterocycles. The standard InChI is InChI=1S/C12H14ClN3O3S/c1-2-19-7-10(17)15-16-12(20)14-11(18)8-5-3-4-6-9(8)13/h3-6H,2,7H2,1H3,(H,15,17)(H2,14,16,18,20). The van der Waals surface area contributed by atoms with Crippen LogP contribution >= 0.6 is 23.8 Å². The number of hydrogen-bond acceptors (Lipinski definition) is 4. The molecule has 0 bridgehead atoms. The molecule has 0 saturated heterocycles. The zero-order valence-corrected chi connectivity index (χ0v) is 12.3. The number of rotatable bonds is 4. The minimum Gasteiger partial charge on any atom is -0.372 e. The average Bonchev–Trinajstić information content (AvgIpc) is 2.43. The Kier molecular flexibility index (Phi) is 6.92. The van der Waals surface area contributed by atoms with Crippen molar-refractivity contribution in [3.8, 4) is 0 Å². The number of benzene rings is 1. The number of halogens is 1. The van der Waals surface area contributed by atoms with Crippen molar-refractivity contribution >= 4 is 40.7 Å². The maximum absolute atomic E-state index is 11.8. The zero-order chi connectivity index (χ0) is 15.0. The summed E-state index contributed by atoms with van der Waals surface area (Å²) in [7, 11) is 0. The van der Waals surface area contributed by atoms with E-state index < -0.39 is 11.8 Å². The highest BCUT2D eigenvalue weighted by Crippen LogP contribution is 2.14. The molecule has 8 heteroatoms. The topological polar surface area (TPSA) is 79.5 Å². The van der Waals surface area contributed by atoms with Gasteiger partial charge in [-0.1, -0.05) is 23.7 Å². The van der Waals surface area contributed by atoms with Gasteiger partial charge in [0.25, 0.3) is 11.8 Å². The zero-order valence-electron chi connectivity index (χ0n) is 10.7. The third-order valence-electron chi connectivity index (χ3n) is 2.10.